The molecule has 1 fully saturated rings. The van der Waals surface area contributed by atoms with Crippen LogP contribution < -0.4 is 5.32 Å². The molecule has 1 atom stereocenters. The zero-order valence-electron chi connectivity index (χ0n) is 9.69. The number of aromatic amines is 1. The number of nitrogens with zero attached hydrogens (tertiary/aromatic N) is 2. The van der Waals surface area contributed by atoms with Crippen molar-refractivity contribution in [3.63, 3.8) is 0 Å². The number of piperidine rings is 1. The quantitative estimate of drug-likeness (QED) is 0.829. The third-order valence-corrected chi connectivity index (χ3v) is 3.17. The fourth-order valence-electron chi connectivity index (χ4n) is 2.25. The van der Waals surface area contributed by atoms with Crippen LogP contribution in [0.25, 0.3) is 11.4 Å². The van der Waals surface area contributed by atoms with Gasteiger partial charge in [0.05, 0.1) is 17.4 Å². The lowest BCUT2D eigenvalue weighted by atomic mass is 10.0. The molecule has 3 heterocycles. The minimum Gasteiger partial charge on any atom is -0.360 e. The fraction of sp³-hybridized carbons (Fsp3) is 0.385. The first-order valence-corrected chi connectivity index (χ1v) is 6.13. The largest absolute Gasteiger partial charge is 0.360 e. The lowest BCUT2D eigenvalue weighted by Crippen LogP contribution is -2.28. The van der Waals surface area contributed by atoms with E-state index >= 15 is 0 Å². The molecule has 88 valence electrons. The van der Waals surface area contributed by atoms with Gasteiger partial charge in [0, 0.05) is 12.4 Å². The molecule has 2 aromatic heterocycles. The van der Waals surface area contributed by atoms with Crippen molar-refractivity contribution in [1.82, 2.24) is 20.3 Å². The van der Waals surface area contributed by atoms with Gasteiger partial charge in [0.2, 0.25) is 0 Å². The third-order valence-electron chi connectivity index (χ3n) is 3.17. The van der Waals surface area contributed by atoms with Gasteiger partial charge < -0.3 is 10.3 Å². The van der Waals surface area contributed by atoms with Crippen molar-refractivity contribution >= 4 is 0 Å². The second kappa shape index (κ2) is 4.67. The van der Waals surface area contributed by atoms with E-state index in [1.54, 1.807) is 0 Å². The van der Waals surface area contributed by atoms with Gasteiger partial charge in [-0.3, -0.25) is 0 Å². The Kier molecular flexibility index (Phi) is 2.88. The summed E-state index contributed by atoms with van der Waals surface area (Å²) >= 11 is 0. The van der Waals surface area contributed by atoms with Crippen LogP contribution in [-0.4, -0.2) is 21.5 Å². The monoisotopic (exact) mass is 228 g/mol. The van der Waals surface area contributed by atoms with Crippen LogP contribution in [0.1, 0.15) is 31.1 Å². The van der Waals surface area contributed by atoms with Gasteiger partial charge in [-0.05, 0) is 37.6 Å². The van der Waals surface area contributed by atoms with Gasteiger partial charge in [-0.2, -0.15) is 0 Å². The van der Waals surface area contributed by atoms with Crippen LogP contribution in [0, 0.1) is 0 Å². The van der Waals surface area contributed by atoms with Crippen molar-refractivity contribution in [1.29, 1.82) is 0 Å². The van der Waals surface area contributed by atoms with Crippen molar-refractivity contribution in [2.75, 3.05) is 6.54 Å². The summed E-state index contributed by atoms with van der Waals surface area (Å²) in [5.74, 6) is 0.914. The Hall–Kier alpha value is -1.68. The van der Waals surface area contributed by atoms with Crippen LogP contribution in [0.4, 0.5) is 0 Å². The lowest BCUT2D eigenvalue weighted by Gasteiger charge is -2.22. The molecular formula is C13H16N4. The van der Waals surface area contributed by atoms with E-state index in [0.29, 0.717) is 6.04 Å². The van der Waals surface area contributed by atoms with Crippen LogP contribution in [-0.2, 0) is 0 Å². The van der Waals surface area contributed by atoms with Crippen LogP contribution >= 0.6 is 0 Å². The molecule has 2 aromatic rings. The fourth-order valence-corrected chi connectivity index (χ4v) is 2.25. The van der Waals surface area contributed by atoms with Crippen LogP contribution in [0.3, 0.4) is 0 Å². The molecule has 1 saturated heterocycles. The molecule has 4 heteroatoms. The number of H-pyrrole nitrogens is 1. The molecule has 2 N–H and O–H groups in total. The molecule has 0 aromatic carbocycles. The first kappa shape index (κ1) is 10.5. The molecule has 0 bridgehead atoms. The van der Waals surface area contributed by atoms with Gasteiger partial charge in [0.15, 0.2) is 0 Å². The lowest BCUT2D eigenvalue weighted by molar-refractivity contribution is 0.397. The predicted molar refractivity (Wildman–Crippen MR) is 66.4 cm³/mol. The zero-order chi connectivity index (χ0) is 11.5. The highest BCUT2D eigenvalue weighted by Gasteiger charge is 2.17. The van der Waals surface area contributed by atoms with E-state index in [0.717, 1.165) is 30.2 Å². The molecule has 0 aliphatic carbocycles. The second-order valence-electron chi connectivity index (χ2n) is 4.39. The molecule has 0 saturated carbocycles. The number of hydrogen-bond acceptors (Lipinski definition) is 3. The molecular weight excluding hydrogens is 212 g/mol. The molecule has 1 unspecified atom stereocenters. The minimum atomic E-state index is 0.318. The zero-order valence-corrected chi connectivity index (χ0v) is 9.69. The Morgan fingerprint density at radius 3 is 3.00 bits per heavy atom. The Morgan fingerprint density at radius 2 is 2.24 bits per heavy atom. The standard InChI is InChI=1S/C13H16N4/c1-2-7-15-12(4-1)13-16-9-6-11(17-13)10-5-3-8-14-10/h3,5-6,8-9,12,14-15H,1-2,4,7H2. The molecule has 1 aliphatic rings. The van der Waals surface area contributed by atoms with Crippen molar-refractivity contribution in [2.45, 2.75) is 25.3 Å². The van der Waals surface area contributed by atoms with E-state index < -0.39 is 0 Å². The summed E-state index contributed by atoms with van der Waals surface area (Å²) < 4.78 is 0. The van der Waals surface area contributed by atoms with Crippen LogP contribution in [0.15, 0.2) is 30.6 Å². The third kappa shape index (κ3) is 2.22. The maximum atomic E-state index is 4.63. The SMILES string of the molecule is c1c[nH]c(-c2ccnc(C3CCCCN3)n2)c1. The van der Waals surface area contributed by atoms with Gasteiger partial charge in [-0.15, -0.1) is 0 Å². The summed E-state index contributed by atoms with van der Waals surface area (Å²) in [6, 6.07) is 6.27. The maximum Gasteiger partial charge on any atom is 0.145 e. The van der Waals surface area contributed by atoms with E-state index in [4.69, 9.17) is 0 Å². The summed E-state index contributed by atoms with van der Waals surface area (Å²) in [5.41, 5.74) is 2.01. The van der Waals surface area contributed by atoms with E-state index in [1.165, 1.54) is 12.8 Å². The Balaban J connectivity index is 1.88. The highest BCUT2D eigenvalue weighted by atomic mass is 15.0. The van der Waals surface area contributed by atoms with E-state index in [-0.39, 0.29) is 0 Å². The normalized spacial score (nSPS) is 20.4. The van der Waals surface area contributed by atoms with Crippen molar-refractivity contribution in [3.05, 3.63) is 36.4 Å². The highest BCUT2D eigenvalue weighted by molar-refractivity contribution is 5.53. The first-order chi connectivity index (χ1) is 8.43. The average molecular weight is 228 g/mol. The molecule has 17 heavy (non-hydrogen) atoms. The number of rotatable bonds is 2. The van der Waals surface area contributed by atoms with Crippen LogP contribution in [0.5, 0.6) is 0 Å². The smallest absolute Gasteiger partial charge is 0.145 e. The van der Waals surface area contributed by atoms with Gasteiger partial charge in [-0.25, -0.2) is 9.97 Å². The minimum absolute atomic E-state index is 0.318. The Morgan fingerprint density at radius 1 is 1.24 bits per heavy atom. The number of aromatic nitrogens is 3. The van der Waals surface area contributed by atoms with E-state index in [9.17, 15) is 0 Å². The molecule has 4 nitrogen and oxygen atoms in total. The summed E-state index contributed by atoms with van der Waals surface area (Å²) in [4.78, 5) is 12.2. The topological polar surface area (TPSA) is 53.6 Å². The summed E-state index contributed by atoms with van der Waals surface area (Å²) in [6.07, 6.45) is 7.40. The number of nitrogens with one attached hydrogen (secondary N) is 2. The average Bonchev–Trinajstić information content (AvgIpc) is 2.94. The van der Waals surface area contributed by atoms with Gasteiger partial charge in [0.1, 0.15) is 5.82 Å². The molecule has 0 radical (unpaired) electrons. The van der Waals surface area contributed by atoms with Crippen molar-refractivity contribution in [2.24, 2.45) is 0 Å². The molecule has 1 aliphatic heterocycles. The van der Waals surface area contributed by atoms with Crippen LogP contribution in [0.2, 0.25) is 0 Å². The van der Waals surface area contributed by atoms with Gasteiger partial charge in [0.25, 0.3) is 0 Å². The molecule has 0 spiro atoms. The van der Waals surface area contributed by atoms with E-state index in [1.807, 2.05) is 30.6 Å². The molecule has 3 rings (SSSR count). The Bertz CT molecular complexity index is 472. The van der Waals surface area contributed by atoms with Crippen molar-refractivity contribution < 1.29 is 0 Å². The van der Waals surface area contributed by atoms with E-state index in [2.05, 4.69) is 20.3 Å². The van der Waals surface area contributed by atoms with Gasteiger partial charge in [-0.1, -0.05) is 6.42 Å². The number of hydrogen-bond donors (Lipinski definition) is 2. The summed E-state index contributed by atoms with van der Waals surface area (Å²) in [5, 5.41) is 3.47. The summed E-state index contributed by atoms with van der Waals surface area (Å²) in [7, 11) is 0. The first-order valence-electron chi connectivity index (χ1n) is 6.13. The molecule has 0 amide bonds. The predicted octanol–water partition coefficient (Wildman–Crippen LogP) is 2.29. The summed E-state index contributed by atoms with van der Waals surface area (Å²) in [6.45, 7) is 1.07. The highest BCUT2D eigenvalue weighted by Crippen LogP contribution is 2.21. The maximum absolute atomic E-state index is 4.63. The van der Waals surface area contributed by atoms with Crippen molar-refractivity contribution in [3.8, 4) is 11.4 Å². The van der Waals surface area contributed by atoms with Gasteiger partial charge >= 0.3 is 0 Å². The second-order valence-corrected chi connectivity index (χ2v) is 4.39. The Labute approximate surface area is 101 Å².